The second-order valence-corrected chi connectivity index (χ2v) is 8.07. The van der Waals surface area contributed by atoms with Gasteiger partial charge in [0.25, 0.3) is 0 Å². The van der Waals surface area contributed by atoms with Gasteiger partial charge in [0.15, 0.2) is 0 Å². The molecule has 134 valence electrons. The number of pyridine rings is 1. The van der Waals surface area contributed by atoms with Crippen LogP contribution in [0.2, 0.25) is 0 Å². The van der Waals surface area contributed by atoms with Crippen molar-refractivity contribution in [1.29, 1.82) is 0 Å². The summed E-state index contributed by atoms with van der Waals surface area (Å²) in [5, 5.41) is 3.61. The second kappa shape index (κ2) is 7.40. The molecule has 1 saturated heterocycles. The van der Waals surface area contributed by atoms with Crippen LogP contribution in [-0.2, 0) is 13.1 Å². The maximum absolute atomic E-state index is 5.23. The number of thiazole rings is 1. The zero-order valence-corrected chi connectivity index (χ0v) is 15.8. The van der Waals surface area contributed by atoms with Gasteiger partial charge < -0.3 is 4.74 Å². The van der Waals surface area contributed by atoms with Crippen LogP contribution in [0.5, 0.6) is 5.88 Å². The molecule has 0 bridgehead atoms. The molecule has 5 nitrogen and oxygen atoms in total. The van der Waals surface area contributed by atoms with Crippen molar-refractivity contribution in [2.45, 2.75) is 44.8 Å². The molecule has 2 aromatic heterocycles. The van der Waals surface area contributed by atoms with E-state index in [-0.39, 0.29) is 0 Å². The van der Waals surface area contributed by atoms with Gasteiger partial charge in [-0.3, -0.25) is 9.80 Å². The van der Waals surface area contributed by atoms with Gasteiger partial charge in [-0.2, -0.15) is 0 Å². The van der Waals surface area contributed by atoms with E-state index in [0.717, 1.165) is 44.3 Å². The Morgan fingerprint density at radius 1 is 1.16 bits per heavy atom. The van der Waals surface area contributed by atoms with Crippen molar-refractivity contribution in [3.8, 4) is 5.88 Å². The predicted molar refractivity (Wildman–Crippen MR) is 100 cm³/mol. The fourth-order valence-corrected chi connectivity index (χ4v) is 4.44. The molecule has 6 heteroatoms. The van der Waals surface area contributed by atoms with Crippen molar-refractivity contribution in [3.05, 3.63) is 40.0 Å². The van der Waals surface area contributed by atoms with Crippen LogP contribution in [0.15, 0.2) is 23.6 Å². The quantitative estimate of drug-likeness (QED) is 0.794. The van der Waals surface area contributed by atoms with E-state index in [1.165, 1.54) is 23.5 Å². The van der Waals surface area contributed by atoms with Crippen LogP contribution in [0.25, 0.3) is 0 Å². The number of piperazine rings is 1. The summed E-state index contributed by atoms with van der Waals surface area (Å²) in [5.41, 5.74) is 2.33. The van der Waals surface area contributed by atoms with Crippen molar-refractivity contribution in [2.75, 3.05) is 26.7 Å². The highest BCUT2D eigenvalue weighted by atomic mass is 32.1. The first-order chi connectivity index (χ1) is 12.2. The van der Waals surface area contributed by atoms with Gasteiger partial charge >= 0.3 is 0 Å². The van der Waals surface area contributed by atoms with Crippen LogP contribution in [0.4, 0.5) is 0 Å². The van der Waals surface area contributed by atoms with Crippen LogP contribution >= 0.6 is 11.3 Å². The summed E-state index contributed by atoms with van der Waals surface area (Å²) >= 11 is 1.85. The van der Waals surface area contributed by atoms with E-state index < -0.39 is 0 Å². The summed E-state index contributed by atoms with van der Waals surface area (Å²) < 4.78 is 5.23. The van der Waals surface area contributed by atoms with Gasteiger partial charge in [-0.1, -0.05) is 6.07 Å². The molecule has 1 atom stereocenters. The van der Waals surface area contributed by atoms with E-state index in [4.69, 9.17) is 9.72 Å². The lowest BCUT2D eigenvalue weighted by Gasteiger charge is -2.39. The lowest BCUT2D eigenvalue weighted by atomic mass is 10.1. The molecule has 1 aliphatic heterocycles. The summed E-state index contributed by atoms with van der Waals surface area (Å²) in [4.78, 5) is 14.4. The van der Waals surface area contributed by atoms with Crippen LogP contribution < -0.4 is 4.74 Å². The van der Waals surface area contributed by atoms with Gasteiger partial charge in [0.1, 0.15) is 0 Å². The molecule has 2 aliphatic rings. The molecule has 0 N–H and O–H groups in total. The Balaban J connectivity index is 1.31. The van der Waals surface area contributed by atoms with Gasteiger partial charge in [-0.05, 0) is 25.8 Å². The van der Waals surface area contributed by atoms with Gasteiger partial charge in [0.05, 0.1) is 23.5 Å². The van der Waals surface area contributed by atoms with Crippen LogP contribution in [0.3, 0.4) is 0 Å². The summed E-state index contributed by atoms with van der Waals surface area (Å²) in [6.45, 7) is 7.42. The third kappa shape index (κ3) is 4.19. The molecule has 25 heavy (non-hydrogen) atoms. The third-order valence-electron chi connectivity index (χ3n) is 5.09. The van der Waals surface area contributed by atoms with Crippen molar-refractivity contribution in [2.24, 2.45) is 0 Å². The number of aromatic nitrogens is 2. The van der Waals surface area contributed by atoms with Gasteiger partial charge in [-0.25, -0.2) is 9.97 Å². The number of hydrogen-bond donors (Lipinski definition) is 0. The molecule has 3 heterocycles. The molecular weight excluding hydrogens is 332 g/mol. The highest BCUT2D eigenvalue weighted by Gasteiger charge is 2.28. The van der Waals surface area contributed by atoms with Crippen LogP contribution in [0.1, 0.15) is 42.1 Å². The van der Waals surface area contributed by atoms with Crippen LogP contribution in [-0.4, -0.2) is 52.6 Å². The molecule has 0 amide bonds. The number of rotatable bonds is 6. The molecule has 1 unspecified atom stereocenters. The smallest absolute Gasteiger partial charge is 0.213 e. The molecule has 1 aliphatic carbocycles. The molecule has 2 aromatic rings. The predicted octanol–water partition coefficient (Wildman–Crippen LogP) is 3.13. The van der Waals surface area contributed by atoms with E-state index in [0.29, 0.717) is 11.9 Å². The molecule has 0 spiro atoms. The number of methoxy groups -OCH3 is 1. The zero-order valence-electron chi connectivity index (χ0n) is 15.0. The van der Waals surface area contributed by atoms with Crippen LogP contribution in [0, 0.1) is 0 Å². The zero-order chi connectivity index (χ0) is 17.2. The van der Waals surface area contributed by atoms with Crippen molar-refractivity contribution in [1.82, 2.24) is 19.8 Å². The monoisotopic (exact) mass is 358 g/mol. The lowest BCUT2D eigenvalue weighted by molar-refractivity contribution is 0.0716. The first-order valence-electron chi connectivity index (χ1n) is 9.12. The minimum absolute atomic E-state index is 0.517. The Hall–Kier alpha value is -1.50. The van der Waals surface area contributed by atoms with E-state index >= 15 is 0 Å². The van der Waals surface area contributed by atoms with Crippen molar-refractivity contribution >= 4 is 11.3 Å². The molecule has 1 saturated carbocycles. The Kier molecular flexibility index (Phi) is 5.01. The molecular formula is C19H26N4OS. The Bertz CT molecular complexity index is 715. The van der Waals surface area contributed by atoms with Gasteiger partial charge in [-0.15, -0.1) is 11.3 Å². The highest BCUT2D eigenvalue weighted by molar-refractivity contribution is 7.09. The number of hydrogen-bond acceptors (Lipinski definition) is 6. The normalized spacial score (nSPS) is 22.2. The molecule has 0 radical (unpaired) electrons. The average molecular weight is 359 g/mol. The number of ether oxygens (including phenoxy) is 1. The van der Waals surface area contributed by atoms with E-state index in [2.05, 4.69) is 33.2 Å². The topological polar surface area (TPSA) is 41.5 Å². The first-order valence-corrected chi connectivity index (χ1v) is 10.00. The lowest BCUT2D eigenvalue weighted by Crippen LogP contribution is -2.51. The summed E-state index contributed by atoms with van der Waals surface area (Å²) in [5.74, 6) is 1.46. The Morgan fingerprint density at radius 2 is 2.04 bits per heavy atom. The van der Waals surface area contributed by atoms with E-state index in [1.54, 1.807) is 7.11 Å². The fraction of sp³-hybridized carbons (Fsp3) is 0.579. The minimum Gasteiger partial charge on any atom is -0.481 e. The summed E-state index contributed by atoms with van der Waals surface area (Å²) in [6, 6.07) is 6.51. The molecule has 0 aromatic carbocycles. The van der Waals surface area contributed by atoms with E-state index in [1.807, 2.05) is 23.5 Å². The standard InChI is InChI=1S/C19H26N4OS/c1-14-10-22(11-17-13-25-19(21-17)15-6-7-15)8-9-23(14)12-16-4-3-5-18(20-16)24-2/h3-5,13-15H,6-12H2,1-2H3. The maximum Gasteiger partial charge on any atom is 0.213 e. The third-order valence-corrected chi connectivity index (χ3v) is 6.14. The van der Waals surface area contributed by atoms with Gasteiger partial charge in [0.2, 0.25) is 5.88 Å². The fourth-order valence-electron chi connectivity index (χ4n) is 3.46. The molecule has 2 fully saturated rings. The van der Waals surface area contributed by atoms with E-state index in [9.17, 15) is 0 Å². The second-order valence-electron chi connectivity index (χ2n) is 7.18. The number of nitrogens with zero attached hydrogens (tertiary/aromatic N) is 4. The maximum atomic E-state index is 5.23. The average Bonchev–Trinajstić information content (AvgIpc) is 3.37. The van der Waals surface area contributed by atoms with Crippen molar-refractivity contribution in [3.63, 3.8) is 0 Å². The summed E-state index contributed by atoms with van der Waals surface area (Å²) in [6.07, 6.45) is 2.67. The minimum atomic E-state index is 0.517. The SMILES string of the molecule is COc1cccc(CN2CCN(Cc3csc(C4CC4)n3)CC2C)n1. The molecule has 4 rings (SSSR count). The highest BCUT2D eigenvalue weighted by Crippen LogP contribution is 2.41. The summed E-state index contributed by atoms with van der Waals surface area (Å²) in [7, 11) is 1.67. The van der Waals surface area contributed by atoms with Crippen molar-refractivity contribution < 1.29 is 4.74 Å². The Morgan fingerprint density at radius 3 is 2.80 bits per heavy atom. The largest absolute Gasteiger partial charge is 0.481 e. The Labute approximate surface area is 153 Å². The van der Waals surface area contributed by atoms with Gasteiger partial charge in [0, 0.05) is 56.1 Å². The first kappa shape index (κ1) is 16.9.